The summed E-state index contributed by atoms with van der Waals surface area (Å²) in [5.74, 6) is 1.08. The SMILES string of the molecule is c1ccc(CC2=C(c3ccccc3)OCC2)cc1. The van der Waals surface area contributed by atoms with Crippen LogP contribution in [0.15, 0.2) is 66.2 Å². The number of hydrogen-bond donors (Lipinski definition) is 0. The summed E-state index contributed by atoms with van der Waals surface area (Å²) < 4.78 is 5.80. The predicted octanol–water partition coefficient (Wildman–Crippen LogP) is 4.06. The highest BCUT2D eigenvalue weighted by Crippen LogP contribution is 2.30. The Bertz CT molecular complexity index is 540. The van der Waals surface area contributed by atoms with Gasteiger partial charge in [0, 0.05) is 12.0 Å². The van der Waals surface area contributed by atoms with Gasteiger partial charge in [-0.2, -0.15) is 0 Å². The fourth-order valence-corrected chi connectivity index (χ4v) is 2.38. The zero-order valence-corrected chi connectivity index (χ0v) is 10.3. The van der Waals surface area contributed by atoms with E-state index in [2.05, 4.69) is 54.6 Å². The molecule has 0 amide bonds. The summed E-state index contributed by atoms with van der Waals surface area (Å²) in [6.45, 7) is 0.812. The van der Waals surface area contributed by atoms with E-state index in [0.29, 0.717) is 0 Å². The minimum absolute atomic E-state index is 0.812. The standard InChI is InChI=1S/C17H16O/c1-3-7-14(8-4-1)13-16-11-12-18-17(16)15-9-5-2-6-10-15/h1-10H,11-13H2. The molecule has 0 spiro atoms. The largest absolute Gasteiger partial charge is 0.493 e. The first kappa shape index (κ1) is 11.1. The summed E-state index contributed by atoms with van der Waals surface area (Å²) in [5, 5.41) is 0. The lowest BCUT2D eigenvalue weighted by molar-refractivity contribution is 0.307. The molecule has 0 saturated heterocycles. The molecule has 0 radical (unpaired) electrons. The van der Waals surface area contributed by atoms with Crippen LogP contribution in [-0.2, 0) is 11.2 Å². The fourth-order valence-electron chi connectivity index (χ4n) is 2.38. The Morgan fingerprint density at radius 1 is 0.833 bits per heavy atom. The molecule has 2 aromatic carbocycles. The van der Waals surface area contributed by atoms with Crippen LogP contribution in [0.2, 0.25) is 0 Å². The van der Waals surface area contributed by atoms with E-state index in [9.17, 15) is 0 Å². The molecular weight excluding hydrogens is 220 g/mol. The minimum Gasteiger partial charge on any atom is -0.493 e. The first-order valence-electron chi connectivity index (χ1n) is 6.37. The van der Waals surface area contributed by atoms with Crippen molar-refractivity contribution in [3.8, 4) is 0 Å². The van der Waals surface area contributed by atoms with E-state index in [1.807, 2.05) is 6.07 Å². The van der Waals surface area contributed by atoms with Gasteiger partial charge >= 0.3 is 0 Å². The Kier molecular flexibility index (Phi) is 3.14. The van der Waals surface area contributed by atoms with Gasteiger partial charge in [-0.1, -0.05) is 60.7 Å². The summed E-state index contributed by atoms with van der Waals surface area (Å²) in [5.41, 5.74) is 3.96. The van der Waals surface area contributed by atoms with Crippen LogP contribution in [0, 0.1) is 0 Å². The molecule has 0 atom stereocenters. The maximum atomic E-state index is 5.80. The van der Waals surface area contributed by atoms with Crippen molar-refractivity contribution in [2.45, 2.75) is 12.8 Å². The monoisotopic (exact) mass is 236 g/mol. The number of ether oxygens (including phenoxy) is 1. The molecule has 1 aliphatic rings. The maximum Gasteiger partial charge on any atom is 0.126 e. The Labute approximate surface area is 108 Å². The Balaban J connectivity index is 1.90. The third-order valence-electron chi connectivity index (χ3n) is 3.27. The van der Waals surface area contributed by atoms with Crippen LogP contribution in [0.4, 0.5) is 0 Å². The topological polar surface area (TPSA) is 9.23 Å². The summed E-state index contributed by atoms with van der Waals surface area (Å²) in [6.07, 6.45) is 2.03. The Morgan fingerprint density at radius 3 is 2.22 bits per heavy atom. The molecule has 0 unspecified atom stereocenters. The normalized spacial score (nSPS) is 14.7. The van der Waals surface area contributed by atoms with E-state index in [4.69, 9.17) is 4.74 Å². The highest BCUT2D eigenvalue weighted by molar-refractivity contribution is 5.65. The average Bonchev–Trinajstić information content (AvgIpc) is 2.89. The highest BCUT2D eigenvalue weighted by atomic mass is 16.5. The lowest BCUT2D eigenvalue weighted by Gasteiger charge is -2.07. The molecule has 1 aliphatic heterocycles. The molecule has 1 heteroatoms. The molecule has 1 nitrogen and oxygen atoms in total. The second-order valence-corrected chi connectivity index (χ2v) is 4.56. The fraction of sp³-hybridized carbons (Fsp3) is 0.176. The van der Waals surface area contributed by atoms with Crippen LogP contribution in [0.5, 0.6) is 0 Å². The quantitative estimate of drug-likeness (QED) is 0.780. The van der Waals surface area contributed by atoms with Crippen molar-refractivity contribution < 1.29 is 4.74 Å². The maximum absolute atomic E-state index is 5.80. The van der Waals surface area contributed by atoms with Crippen molar-refractivity contribution in [3.63, 3.8) is 0 Å². The van der Waals surface area contributed by atoms with E-state index in [-0.39, 0.29) is 0 Å². The van der Waals surface area contributed by atoms with Crippen molar-refractivity contribution in [2.75, 3.05) is 6.61 Å². The van der Waals surface area contributed by atoms with Gasteiger partial charge in [-0.05, 0) is 17.6 Å². The summed E-state index contributed by atoms with van der Waals surface area (Å²) >= 11 is 0. The molecule has 0 bridgehead atoms. The zero-order chi connectivity index (χ0) is 12.2. The van der Waals surface area contributed by atoms with Gasteiger partial charge in [0.05, 0.1) is 6.61 Å². The average molecular weight is 236 g/mol. The Hall–Kier alpha value is -2.02. The molecule has 1 heterocycles. The summed E-state index contributed by atoms with van der Waals surface area (Å²) in [7, 11) is 0. The van der Waals surface area contributed by atoms with Crippen molar-refractivity contribution in [2.24, 2.45) is 0 Å². The molecule has 0 aliphatic carbocycles. The van der Waals surface area contributed by atoms with Gasteiger partial charge in [-0.25, -0.2) is 0 Å². The number of hydrogen-bond acceptors (Lipinski definition) is 1. The smallest absolute Gasteiger partial charge is 0.126 e. The molecule has 2 aromatic rings. The van der Waals surface area contributed by atoms with Crippen LogP contribution in [-0.4, -0.2) is 6.61 Å². The van der Waals surface area contributed by atoms with Crippen LogP contribution in [0.25, 0.3) is 5.76 Å². The first-order chi connectivity index (χ1) is 8.93. The van der Waals surface area contributed by atoms with Crippen LogP contribution < -0.4 is 0 Å². The molecular formula is C17H16O. The Morgan fingerprint density at radius 2 is 1.50 bits per heavy atom. The number of benzene rings is 2. The van der Waals surface area contributed by atoms with Crippen molar-refractivity contribution in [3.05, 3.63) is 77.4 Å². The van der Waals surface area contributed by atoms with Crippen molar-refractivity contribution in [1.82, 2.24) is 0 Å². The third-order valence-corrected chi connectivity index (χ3v) is 3.27. The molecule has 90 valence electrons. The van der Waals surface area contributed by atoms with E-state index in [1.54, 1.807) is 0 Å². The minimum atomic E-state index is 0.812. The molecule has 0 N–H and O–H groups in total. The van der Waals surface area contributed by atoms with Gasteiger partial charge in [0.15, 0.2) is 0 Å². The third kappa shape index (κ3) is 2.30. The van der Waals surface area contributed by atoms with Crippen LogP contribution in [0.1, 0.15) is 17.5 Å². The molecule has 0 saturated carbocycles. The van der Waals surface area contributed by atoms with Gasteiger partial charge in [0.25, 0.3) is 0 Å². The van der Waals surface area contributed by atoms with Gasteiger partial charge in [-0.15, -0.1) is 0 Å². The predicted molar refractivity (Wildman–Crippen MR) is 74.1 cm³/mol. The van der Waals surface area contributed by atoms with Gasteiger partial charge < -0.3 is 4.74 Å². The van der Waals surface area contributed by atoms with Crippen LogP contribution in [0.3, 0.4) is 0 Å². The van der Waals surface area contributed by atoms with Crippen LogP contribution >= 0.6 is 0 Å². The van der Waals surface area contributed by atoms with Crippen molar-refractivity contribution in [1.29, 1.82) is 0 Å². The molecule has 0 aromatic heterocycles. The van der Waals surface area contributed by atoms with E-state index < -0.39 is 0 Å². The molecule has 0 fully saturated rings. The summed E-state index contributed by atoms with van der Waals surface area (Å²) in [4.78, 5) is 0. The van der Waals surface area contributed by atoms with E-state index in [0.717, 1.165) is 25.2 Å². The zero-order valence-electron chi connectivity index (χ0n) is 10.3. The molecule has 18 heavy (non-hydrogen) atoms. The highest BCUT2D eigenvalue weighted by Gasteiger charge is 2.17. The van der Waals surface area contributed by atoms with E-state index >= 15 is 0 Å². The van der Waals surface area contributed by atoms with Gasteiger partial charge in [-0.3, -0.25) is 0 Å². The second kappa shape index (κ2) is 5.09. The lowest BCUT2D eigenvalue weighted by atomic mass is 10.0. The molecule has 3 rings (SSSR count). The van der Waals surface area contributed by atoms with Gasteiger partial charge in [0.2, 0.25) is 0 Å². The van der Waals surface area contributed by atoms with Crippen molar-refractivity contribution >= 4 is 5.76 Å². The lowest BCUT2D eigenvalue weighted by Crippen LogP contribution is -1.91. The van der Waals surface area contributed by atoms with E-state index in [1.165, 1.54) is 16.7 Å². The first-order valence-corrected chi connectivity index (χ1v) is 6.37. The second-order valence-electron chi connectivity index (χ2n) is 4.56. The summed E-state index contributed by atoms with van der Waals surface area (Å²) in [6, 6.07) is 21.0. The van der Waals surface area contributed by atoms with Gasteiger partial charge in [0.1, 0.15) is 5.76 Å². The number of rotatable bonds is 3.